The van der Waals surface area contributed by atoms with E-state index in [1.54, 1.807) is 0 Å². The number of benzene rings is 1. The van der Waals surface area contributed by atoms with Gasteiger partial charge in [0.25, 0.3) is 0 Å². The Bertz CT molecular complexity index is 396. The van der Waals surface area contributed by atoms with Crippen LogP contribution in [0.4, 0.5) is 0 Å². The largest absolute Gasteiger partial charge is 0.475 e. The van der Waals surface area contributed by atoms with Gasteiger partial charge in [0.15, 0.2) is 6.10 Å². The van der Waals surface area contributed by atoms with Crippen LogP contribution in [0.25, 0.3) is 0 Å². The number of hydrogen-bond acceptors (Lipinski definition) is 3. The fourth-order valence-corrected chi connectivity index (χ4v) is 1.62. The zero-order valence-corrected chi connectivity index (χ0v) is 10.8. The quantitative estimate of drug-likeness (QED) is 0.820. The maximum Gasteiger partial charge on any atom is 0.184 e. The zero-order chi connectivity index (χ0) is 12.7. The smallest absolute Gasteiger partial charge is 0.184 e. The van der Waals surface area contributed by atoms with Gasteiger partial charge in [-0.2, -0.15) is 5.26 Å². The molecule has 1 aromatic rings. The molecular formula is C14H20N2O. The topological polar surface area (TPSA) is 45.0 Å². The highest BCUT2D eigenvalue weighted by molar-refractivity contribution is 5.41. The Morgan fingerprint density at radius 2 is 2.18 bits per heavy atom. The van der Waals surface area contributed by atoms with Crippen molar-refractivity contribution in [2.75, 3.05) is 6.54 Å². The summed E-state index contributed by atoms with van der Waals surface area (Å²) in [6.45, 7) is 7.73. The number of aryl methyl sites for hydroxylation is 1. The number of rotatable bonds is 6. The summed E-state index contributed by atoms with van der Waals surface area (Å²) in [6, 6.07) is 8.23. The summed E-state index contributed by atoms with van der Waals surface area (Å²) in [5.41, 5.74) is 2.19. The van der Waals surface area contributed by atoms with Crippen molar-refractivity contribution >= 4 is 0 Å². The van der Waals surface area contributed by atoms with Crippen LogP contribution in [0.1, 0.15) is 31.4 Å². The third kappa shape index (κ3) is 3.76. The van der Waals surface area contributed by atoms with Gasteiger partial charge >= 0.3 is 0 Å². The molecule has 1 atom stereocenters. The highest BCUT2D eigenvalue weighted by Gasteiger charge is 2.12. The van der Waals surface area contributed by atoms with Crippen molar-refractivity contribution < 1.29 is 4.74 Å². The number of ether oxygens (including phenoxy) is 1. The average Bonchev–Trinajstić information content (AvgIpc) is 2.35. The molecule has 17 heavy (non-hydrogen) atoms. The summed E-state index contributed by atoms with van der Waals surface area (Å²) in [4.78, 5) is 0. The maximum absolute atomic E-state index is 8.95. The van der Waals surface area contributed by atoms with Crippen molar-refractivity contribution in [1.82, 2.24) is 5.32 Å². The average molecular weight is 232 g/mol. The molecule has 1 N–H and O–H groups in total. The van der Waals surface area contributed by atoms with Gasteiger partial charge in [-0.3, -0.25) is 0 Å². The predicted octanol–water partition coefficient (Wildman–Crippen LogP) is 2.79. The molecule has 1 unspecified atom stereocenters. The van der Waals surface area contributed by atoms with E-state index in [1.165, 1.54) is 0 Å². The third-order valence-corrected chi connectivity index (χ3v) is 2.63. The molecule has 0 spiro atoms. The van der Waals surface area contributed by atoms with Gasteiger partial charge in [0, 0.05) is 12.1 Å². The fourth-order valence-electron chi connectivity index (χ4n) is 1.62. The van der Waals surface area contributed by atoms with E-state index in [-0.39, 0.29) is 6.10 Å². The highest BCUT2D eigenvalue weighted by atomic mass is 16.5. The third-order valence-electron chi connectivity index (χ3n) is 2.63. The molecule has 0 heterocycles. The van der Waals surface area contributed by atoms with Crippen LogP contribution in [-0.4, -0.2) is 12.6 Å². The maximum atomic E-state index is 8.95. The van der Waals surface area contributed by atoms with Crippen LogP contribution in [-0.2, 0) is 6.54 Å². The SMILES string of the molecule is CCNCc1cccc(C)c1OC(C#N)CC. The Morgan fingerprint density at radius 1 is 1.41 bits per heavy atom. The second-order valence-corrected chi connectivity index (χ2v) is 3.99. The van der Waals surface area contributed by atoms with E-state index < -0.39 is 0 Å². The minimum Gasteiger partial charge on any atom is -0.475 e. The van der Waals surface area contributed by atoms with E-state index >= 15 is 0 Å². The first-order valence-corrected chi connectivity index (χ1v) is 6.08. The fraction of sp³-hybridized carbons (Fsp3) is 0.500. The second-order valence-electron chi connectivity index (χ2n) is 3.99. The molecule has 92 valence electrons. The van der Waals surface area contributed by atoms with Gasteiger partial charge in [0.1, 0.15) is 11.8 Å². The van der Waals surface area contributed by atoms with Gasteiger partial charge in [-0.15, -0.1) is 0 Å². The van der Waals surface area contributed by atoms with Gasteiger partial charge in [-0.25, -0.2) is 0 Å². The molecule has 1 rings (SSSR count). The predicted molar refractivity (Wildman–Crippen MR) is 68.9 cm³/mol. The van der Waals surface area contributed by atoms with Crippen LogP contribution in [0.5, 0.6) is 5.75 Å². The van der Waals surface area contributed by atoms with E-state index in [0.717, 1.165) is 30.0 Å². The van der Waals surface area contributed by atoms with Gasteiger partial charge in [0.2, 0.25) is 0 Å². The number of nitrogens with one attached hydrogen (secondary N) is 1. The molecule has 3 heteroatoms. The normalized spacial score (nSPS) is 11.9. The van der Waals surface area contributed by atoms with Crippen LogP contribution in [0.15, 0.2) is 18.2 Å². The summed E-state index contributed by atoms with van der Waals surface area (Å²) < 4.78 is 5.77. The standard InChI is InChI=1S/C14H20N2O/c1-4-13(9-15)17-14-11(3)7-6-8-12(14)10-16-5-2/h6-8,13,16H,4-5,10H2,1-3H3. The Labute approximate surface area is 103 Å². The lowest BCUT2D eigenvalue weighted by Crippen LogP contribution is -2.17. The van der Waals surface area contributed by atoms with Crippen molar-refractivity contribution in [3.05, 3.63) is 29.3 Å². The number of nitriles is 1. The molecule has 0 aliphatic carbocycles. The van der Waals surface area contributed by atoms with Crippen LogP contribution < -0.4 is 10.1 Å². The summed E-state index contributed by atoms with van der Waals surface area (Å²) >= 11 is 0. The van der Waals surface area contributed by atoms with Crippen molar-refractivity contribution in [1.29, 1.82) is 5.26 Å². The molecule has 0 amide bonds. The van der Waals surface area contributed by atoms with E-state index in [1.807, 2.05) is 32.0 Å². The van der Waals surface area contributed by atoms with E-state index in [0.29, 0.717) is 6.42 Å². The van der Waals surface area contributed by atoms with Crippen molar-refractivity contribution in [2.45, 2.75) is 39.8 Å². The van der Waals surface area contributed by atoms with Crippen molar-refractivity contribution in [3.63, 3.8) is 0 Å². The zero-order valence-electron chi connectivity index (χ0n) is 10.8. The minimum atomic E-state index is -0.364. The van der Waals surface area contributed by atoms with Crippen molar-refractivity contribution in [2.24, 2.45) is 0 Å². The molecule has 1 aromatic carbocycles. The van der Waals surface area contributed by atoms with E-state index in [2.05, 4.69) is 18.3 Å². The molecule has 0 saturated heterocycles. The van der Waals surface area contributed by atoms with Gasteiger partial charge < -0.3 is 10.1 Å². The Hall–Kier alpha value is -1.53. The molecular weight excluding hydrogens is 212 g/mol. The first kappa shape index (κ1) is 13.5. The minimum absolute atomic E-state index is 0.364. The molecule has 0 radical (unpaired) electrons. The monoisotopic (exact) mass is 232 g/mol. The summed E-state index contributed by atoms with van der Waals surface area (Å²) in [5.74, 6) is 0.849. The van der Waals surface area contributed by atoms with Crippen LogP contribution in [0.3, 0.4) is 0 Å². The van der Waals surface area contributed by atoms with Crippen molar-refractivity contribution in [3.8, 4) is 11.8 Å². The first-order valence-electron chi connectivity index (χ1n) is 6.08. The summed E-state index contributed by atoms with van der Waals surface area (Å²) in [7, 11) is 0. The first-order chi connectivity index (χ1) is 8.22. The second kappa shape index (κ2) is 6.93. The van der Waals surface area contributed by atoms with Gasteiger partial charge in [-0.05, 0) is 25.5 Å². The Morgan fingerprint density at radius 3 is 2.76 bits per heavy atom. The lowest BCUT2D eigenvalue weighted by Gasteiger charge is -2.17. The summed E-state index contributed by atoms with van der Waals surface area (Å²) in [6.07, 6.45) is 0.336. The molecule has 0 bridgehead atoms. The molecule has 0 aromatic heterocycles. The lowest BCUT2D eigenvalue weighted by molar-refractivity contribution is 0.247. The lowest BCUT2D eigenvalue weighted by atomic mass is 10.1. The molecule has 0 aliphatic heterocycles. The summed E-state index contributed by atoms with van der Waals surface area (Å²) in [5, 5.41) is 12.2. The van der Waals surface area contributed by atoms with Gasteiger partial charge in [0.05, 0.1) is 0 Å². The van der Waals surface area contributed by atoms with Crippen LogP contribution in [0.2, 0.25) is 0 Å². The van der Waals surface area contributed by atoms with Gasteiger partial charge in [-0.1, -0.05) is 32.0 Å². The Balaban J connectivity index is 2.91. The molecule has 0 aliphatic rings. The van der Waals surface area contributed by atoms with E-state index in [4.69, 9.17) is 10.00 Å². The number of para-hydroxylation sites is 1. The van der Waals surface area contributed by atoms with Crippen LogP contribution in [0, 0.1) is 18.3 Å². The number of nitrogens with zero attached hydrogens (tertiary/aromatic N) is 1. The highest BCUT2D eigenvalue weighted by Crippen LogP contribution is 2.25. The number of hydrogen-bond donors (Lipinski definition) is 1. The molecule has 0 saturated carbocycles. The molecule has 0 fully saturated rings. The Kier molecular flexibility index (Phi) is 5.51. The molecule has 3 nitrogen and oxygen atoms in total. The van der Waals surface area contributed by atoms with E-state index in [9.17, 15) is 0 Å². The van der Waals surface area contributed by atoms with Crippen LogP contribution >= 0.6 is 0 Å².